The molecule has 0 aliphatic carbocycles. The van der Waals surface area contributed by atoms with E-state index in [9.17, 15) is 18.0 Å². The summed E-state index contributed by atoms with van der Waals surface area (Å²) in [7, 11) is -3.16. The molecule has 0 fully saturated rings. The average Bonchev–Trinajstić information content (AvgIpc) is 2.16. The van der Waals surface area contributed by atoms with Crippen LogP contribution in [-0.2, 0) is 4.79 Å². The van der Waals surface area contributed by atoms with Crippen LogP contribution in [-0.4, -0.2) is 27.5 Å². The fraction of sp³-hybridized carbons (Fsp3) is 0.286. The Labute approximate surface area is 95.5 Å². The predicted molar refractivity (Wildman–Crippen MR) is 54.1 cm³/mol. The van der Waals surface area contributed by atoms with Gasteiger partial charge in [-0.2, -0.15) is 13.2 Å². The minimum absolute atomic E-state index is 0.0702. The first-order valence-corrected chi connectivity index (χ1v) is 6.29. The highest BCUT2D eigenvalue weighted by atomic mass is 35.5. The molecule has 2 N–H and O–H groups in total. The van der Waals surface area contributed by atoms with Crippen LogP contribution < -0.4 is 5.14 Å². The van der Waals surface area contributed by atoms with E-state index in [1.165, 1.54) is 0 Å². The summed E-state index contributed by atoms with van der Waals surface area (Å²) in [5, 5.41) is 3.30. The molecule has 9 heteroatoms. The normalized spacial score (nSPS) is 17.6. The van der Waals surface area contributed by atoms with Gasteiger partial charge in [-0.1, -0.05) is 10.2 Å². The summed E-state index contributed by atoms with van der Waals surface area (Å²) in [5.74, 6) is 0. The van der Waals surface area contributed by atoms with Gasteiger partial charge in [-0.15, -0.1) is 0 Å². The van der Waals surface area contributed by atoms with Gasteiger partial charge >= 0.3 is 6.18 Å². The molecule has 4 nitrogen and oxygen atoms in total. The fourth-order valence-corrected chi connectivity index (χ4v) is 2.20. The van der Waals surface area contributed by atoms with Gasteiger partial charge in [-0.3, -0.25) is 9.93 Å². The van der Waals surface area contributed by atoms with E-state index in [4.69, 9.17) is 16.7 Å². The summed E-state index contributed by atoms with van der Waals surface area (Å²) in [4.78, 5) is 18.0. The summed E-state index contributed by atoms with van der Waals surface area (Å²) in [6, 6.07) is 0. The summed E-state index contributed by atoms with van der Waals surface area (Å²) in [6.45, 7) is 0. The van der Waals surface area contributed by atoms with Crippen molar-refractivity contribution >= 4 is 26.9 Å². The predicted octanol–water partition coefficient (Wildman–Crippen LogP) is 1.89. The Bertz CT molecular complexity index is 406. The van der Waals surface area contributed by atoms with Crippen molar-refractivity contribution in [1.82, 2.24) is 9.97 Å². The maximum absolute atomic E-state index is 12.2. The second-order valence-electron chi connectivity index (χ2n) is 2.95. The van der Waals surface area contributed by atoms with Gasteiger partial charge in [0.2, 0.25) is 5.28 Å². The molecule has 0 amide bonds. The number of hydrogen-bond acceptors (Lipinski definition) is 4. The first-order valence-electron chi connectivity index (χ1n) is 3.80. The standard InChI is InChI=1S/C7H7ClF3N3OS/c1-16(12,5(15)7(9,10)11)4-2-13-6(8)14-3-4/h2-3H,12H2,1H3. The van der Waals surface area contributed by atoms with Gasteiger partial charge in [-0.05, 0) is 17.9 Å². The van der Waals surface area contributed by atoms with Crippen molar-refractivity contribution in [2.24, 2.45) is 5.14 Å². The van der Waals surface area contributed by atoms with Crippen molar-refractivity contribution in [3.05, 3.63) is 17.7 Å². The van der Waals surface area contributed by atoms with Crippen LogP contribution in [0.15, 0.2) is 17.3 Å². The molecule has 90 valence electrons. The van der Waals surface area contributed by atoms with Crippen LogP contribution in [0.2, 0.25) is 5.28 Å². The van der Waals surface area contributed by atoms with E-state index in [0.29, 0.717) is 0 Å². The van der Waals surface area contributed by atoms with Gasteiger partial charge in [0.25, 0.3) is 5.12 Å². The van der Waals surface area contributed by atoms with E-state index < -0.39 is 21.5 Å². The number of alkyl halides is 3. The van der Waals surface area contributed by atoms with Gasteiger partial charge in [0.15, 0.2) is 0 Å². The third kappa shape index (κ3) is 2.63. The van der Waals surface area contributed by atoms with Gasteiger partial charge in [0.05, 0.1) is 0 Å². The van der Waals surface area contributed by atoms with Crippen LogP contribution in [0.5, 0.6) is 0 Å². The molecule has 0 saturated carbocycles. The monoisotopic (exact) mass is 273 g/mol. The number of nitrogens with two attached hydrogens (primary N) is 1. The van der Waals surface area contributed by atoms with Gasteiger partial charge in [-0.25, -0.2) is 9.97 Å². The number of hydrogen-bond donors (Lipinski definition) is 1. The molecule has 0 radical (unpaired) electrons. The lowest BCUT2D eigenvalue weighted by atomic mass is 10.7. The highest BCUT2D eigenvalue weighted by molar-refractivity contribution is 8.43. The minimum Gasteiger partial charge on any atom is -0.285 e. The van der Waals surface area contributed by atoms with E-state index >= 15 is 0 Å². The first-order chi connectivity index (χ1) is 7.15. The van der Waals surface area contributed by atoms with Crippen molar-refractivity contribution in [1.29, 1.82) is 0 Å². The Kier molecular flexibility index (Phi) is 3.46. The van der Waals surface area contributed by atoms with Crippen LogP contribution in [0.25, 0.3) is 0 Å². The fourth-order valence-electron chi connectivity index (χ4n) is 0.867. The van der Waals surface area contributed by atoms with Crippen LogP contribution in [0.3, 0.4) is 0 Å². The molecule has 1 aromatic rings. The molecule has 1 atom stereocenters. The quantitative estimate of drug-likeness (QED) is 0.793. The minimum atomic E-state index is -4.97. The Balaban J connectivity index is 3.11. The number of carbonyl (C=O) groups excluding carboxylic acids is 1. The number of aromatic nitrogens is 2. The molecule has 1 aromatic heterocycles. The molecule has 1 rings (SSSR count). The third-order valence-corrected chi connectivity index (χ3v) is 4.09. The zero-order valence-corrected chi connectivity index (χ0v) is 9.53. The molecule has 0 aromatic carbocycles. The molecule has 0 aliphatic heterocycles. The number of rotatable bonds is 1. The maximum atomic E-state index is 12.2. The van der Waals surface area contributed by atoms with Crippen molar-refractivity contribution < 1.29 is 18.0 Å². The molecule has 0 saturated heterocycles. The lowest BCUT2D eigenvalue weighted by Crippen LogP contribution is -2.32. The van der Waals surface area contributed by atoms with E-state index in [0.717, 1.165) is 18.6 Å². The zero-order valence-electron chi connectivity index (χ0n) is 7.95. The Morgan fingerprint density at radius 1 is 1.44 bits per heavy atom. The van der Waals surface area contributed by atoms with E-state index in [2.05, 4.69) is 9.97 Å². The molecule has 1 heterocycles. The highest BCUT2D eigenvalue weighted by Crippen LogP contribution is 2.49. The van der Waals surface area contributed by atoms with E-state index in [1.807, 2.05) is 0 Å². The lowest BCUT2D eigenvalue weighted by Gasteiger charge is -2.28. The van der Waals surface area contributed by atoms with Gasteiger partial charge in [0, 0.05) is 17.3 Å². The summed E-state index contributed by atoms with van der Waals surface area (Å²) in [5.41, 5.74) is 0. The second-order valence-corrected chi connectivity index (χ2v) is 6.10. The lowest BCUT2D eigenvalue weighted by molar-refractivity contribution is -0.160. The Morgan fingerprint density at radius 2 is 1.88 bits per heavy atom. The zero-order chi connectivity index (χ0) is 12.6. The Morgan fingerprint density at radius 3 is 2.25 bits per heavy atom. The SMILES string of the molecule is CS(N)(C(=O)C(F)(F)F)c1cnc(Cl)nc1. The molecule has 16 heavy (non-hydrogen) atoms. The van der Waals surface area contributed by atoms with Crippen molar-refractivity contribution in [3.8, 4) is 0 Å². The second kappa shape index (κ2) is 4.19. The van der Waals surface area contributed by atoms with Crippen LogP contribution in [0.1, 0.15) is 0 Å². The third-order valence-electron chi connectivity index (χ3n) is 1.70. The molecular formula is C7H7ClF3N3OS. The largest absolute Gasteiger partial charge is 0.460 e. The molecular weight excluding hydrogens is 267 g/mol. The molecule has 0 aliphatic rings. The molecule has 1 unspecified atom stereocenters. The van der Waals surface area contributed by atoms with Crippen molar-refractivity contribution in [2.45, 2.75) is 11.1 Å². The number of carbonyl (C=O) groups is 1. The average molecular weight is 274 g/mol. The van der Waals surface area contributed by atoms with Gasteiger partial charge in [0.1, 0.15) is 0 Å². The molecule has 0 spiro atoms. The molecule has 0 bridgehead atoms. The number of halogens is 4. The van der Waals surface area contributed by atoms with Crippen molar-refractivity contribution in [3.63, 3.8) is 0 Å². The Hall–Kier alpha value is -0.860. The summed E-state index contributed by atoms with van der Waals surface area (Å²) < 4.78 is 36.7. The topological polar surface area (TPSA) is 68.9 Å². The van der Waals surface area contributed by atoms with E-state index in [1.54, 1.807) is 0 Å². The number of nitrogens with zero attached hydrogens (tertiary/aromatic N) is 2. The summed E-state index contributed by atoms with van der Waals surface area (Å²) >= 11 is 5.37. The highest BCUT2D eigenvalue weighted by Gasteiger charge is 2.47. The van der Waals surface area contributed by atoms with Crippen molar-refractivity contribution in [2.75, 3.05) is 6.26 Å². The van der Waals surface area contributed by atoms with Crippen LogP contribution >= 0.6 is 21.8 Å². The van der Waals surface area contributed by atoms with Crippen LogP contribution in [0.4, 0.5) is 13.2 Å². The maximum Gasteiger partial charge on any atom is 0.460 e. The smallest absolute Gasteiger partial charge is 0.285 e. The van der Waals surface area contributed by atoms with Gasteiger partial charge < -0.3 is 0 Å². The first kappa shape index (κ1) is 13.2. The summed E-state index contributed by atoms with van der Waals surface area (Å²) in [6.07, 6.45) is -1.91. The van der Waals surface area contributed by atoms with Crippen LogP contribution in [0, 0.1) is 0 Å². The van der Waals surface area contributed by atoms with E-state index in [-0.39, 0.29) is 10.2 Å².